The molecule has 0 saturated carbocycles. The van der Waals surface area contributed by atoms with E-state index in [4.69, 9.17) is 9.47 Å². The lowest BCUT2D eigenvalue weighted by atomic mass is 10.0. The van der Waals surface area contributed by atoms with Gasteiger partial charge >= 0.3 is 5.97 Å². The topological polar surface area (TPSA) is 52.6 Å². The van der Waals surface area contributed by atoms with Gasteiger partial charge in [0, 0.05) is 5.56 Å². The summed E-state index contributed by atoms with van der Waals surface area (Å²) in [7, 11) is 0. The number of carbonyl (C=O) groups excluding carboxylic acids is 2. The molecule has 0 spiro atoms. The first-order chi connectivity index (χ1) is 15.2. The molecular weight excluding hydrogens is 388 g/mol. The number of carbonyl (C=O) groups is 2. The first kappa shape index (κ1) is 22.3. The van der Waals surface area contributed by atoms with Crippen molar-refractivity contribution in [1.29, 1.82) is 0 Å². The molecular formula is C27H28O4. The highest BCUT2D eigenvalue weighted by Gasteiger charge is 2.09. The van der Waals surface area contributed by atoms with Gasteiger partial charge in [-0.1, -0.05) is 56.9 Å². The number of unbranched alkanes of at least 4 members (excludes halogenated alkanes) is 4. The molecule has 4 heteroatoms. The molecule has 0 saturated heterocycles. The van der Waals surface area contributed by atoms with Crippen LogP contribution in [0.1, 0.15) is 59.7 Å². The van der Waals surface area contributed by atoms with E-state index in [-0.39, 0.29) is 0 Å². The minimum atomic E-state index is -0.437. The molecule has 31 heavy (non-hydrogen) atoms. The summed E-state index contributed by atoms with van der Waals surface area (Å²) < 4.78 is 11.2. The van der Waals surface area contributed by atoms with Gasteiger partial charge in [-0.2, -0.15) is 0 Å². The Morgan fingerprint density at radius 1 is 0.742 bits per heavy atom. The van der Waals surface area contributed by atoms with E-state index in [0.717, 1.165) is 36.2 Å². The van der Waals surface area contributed by atoms with Crippen molar-refractivity contribution in [1.82, 2.24) is 0 Å². The van der Waals surface area contributed by atoms with E-state index in [1.54, 1.807) is 36.4 Å². The third-order valence-electron chi connectivity index (χ3n) is 5.05. The van der Waals surface area contributed by atoms with E-state index in [1.807, 2.05) is 36.4 Å². The minimum absolute atomic E-state index is 0.403. The van der Waals surface area contributed by atoms with Gasteiger partial charge in [0.15, 0.2) is 0 Å². The SMILES string of the molecule is CCCCCCCOc1ccc(-c2ccc(C(=O)Oc3ccc(C=O)cc3)cc2)cc1. The van der Waals surface area contributed by atoms with Gasteiger partial charge in [-0.25, -0.2) is 4.79 Å². The van der Waals surface area contributed by atoms with Gasteiger partial charge in [0.2, 0.25) is 0 Å². The fourth-order valence-corrected chi connectivity index (χ4v) is 3.22. The summed E-state index contributed by atoms with van der Waals surface area (Å²) in [6, 6.07) is 21.7. The molecule has 0 amide bonds. The summed E-state index contributed by atoms with van der Waals surface area (Å²) in [5, 5.41) is 0. The molecule has 0 bridgehead atoms. The third-order valence-corrected chi connectivity index (χ3v) is 5.05. The van der Waals surface area contributed by atoms with Crippen LogP contribution in [0, 0.1) is 0 Å². The van der Waals surface area contributed by atoms with E-state index < -0.39 is 5.97 Å². The van der Waals surface area contributed by atoms with Crippen LogP contribution in [0.4, 0.5) is 0 Å². The highest BCUT2D eigenvalue weighted by molar-refractivity contribution is 5.91. The summed E-state index contributed by atoms with van der Waals surface area (Å²) in [4.78, 5) is 23.0. The summed E-state index contributed by atoms with van der Waals surface area (Å²) in [6.07, 6.45) is 6.86. The highest BCUT2D eigenvalue weighted by Crippen LogP contribution is 2.23. The average Bonchev–Trinajstić information content (AvgIpc) is 2.82. The van der Waals surface area contributed by atoms with E-state index >= 15 is 0 Å². The van der Waals surface area contributed by atoms with Gasteiger partial charge in [-0.3, -0.25) is 4.79 Å². The number of hydrogen-bond acceptors (Lipinski definition) is 4. The molecule has 160 valence electrons. The van der Waals surface area contributed by atoms with Crippen LogP contribution < -0.4 is 9.47 Å². The van der Waals surface area contributed by atoms with Crippen molar-refractivity contribution in [3.05, 3.63) is 83.9 Å². The third kappa shape index (κ3) is 6.82. The van der Waals surface area contributed by atoms with Crippen LogP contribution in [-0.4, -0.2) is 18.9 Å². The Morgan fingerprint density at radius 3 is 1.94 bits per heavy atom. The number of aldehydes is 1. The number of esters is 1. The smallest absolute Gasteiger partial charge is 0.343 e. The summed E-state index contributed by atoms with van der Waals surface area (Å²) in [5.41, 5.74) is 3.07. The zero-order valence-corrected chi connectivity index (χ0v) is 17.9. The minimum Gasteiger partial charge on any atom is -0.494 e. The molecule has 0 atom stereocenters. The fraction of sp³-hybridized carbons (Fsp3) is 0.259. The molecule has 0 radical (unpaired) electrons. The largest absolute Gasteiger partial charge is 0.494 e. The normalized spacial score (nSPS) is 10.5. The molecule has 0 aliphatic heterocycles. The summed E-state index contributed by atoms with van der Waals surface area (Å²) in [6.45, 7) is 2.96. The second kappa shape index (κ2) is 11.7. The molecule has 0 unspecified atom stereocenters. The van der Waals surface area contributed by atoms with Crippen LogP contribution in [0.15, 0.2) is 72.8 Å². The predicted molar refractivity (Wildman–Crippen MR) is 123 cm³/mol. The van der Waals surface area contributed by atoms with Crippen LogP contribution in [0.3, 0.4) is 0 Å². The van der Waals surface area contributed by atoms with Crippen molar-refractivity contribution in [3.8, 4) is 22.6 Å². The van der Waals surface area contributed by atoms with Gasteiger partial charge < -0.3 is 9.47 Å². The Balaban J connectivity index is 1.53. The second-order valence-electron chi connectivity index (χ2n) is 7.44. The molecule has 0 aromatic heterocycles. The van der Waals surface area contributed by atoms with Gasteiger partial charge in [0.05, 0.1) is 12.2 Å². The molecule has 3 rings (SSSR count). The number of rotatable bonds is 11. The van der Waals surface area contributed by atoms with Crippen LogP contribution in [0.25, 0.3) is 11.1 Å². The molecule has 3 aromatic carbocycles. The number of ether oxygens (including phenoxy) is 2. The van der Waals surface area contributed by atoms with Gasteiger partial charge in [0.1, 0.15) is 17.8 Å². The predicted octanol–water partition coefficient (Wildman–Crippen LogP) is 6.73. The monoisotopic (exact) mass is 416 g/mol. The van der Waals surface area contributed by atoms with Crippen molar-refractivity contribution < 1.29 is 19.1 Å². The molecule has 0 heterocycles. The Bertz CT molecular complexity index is 958. The van der Waals surface area contributed by atoms with Crippen molar-refractivity contribution in [2.24, 2.45) is 0 Å². The first-order valence-corrected chi connectivity index (χ1v) is 10.8. The van der Waals surface area contributed by atoms with E-state index in [1.165, 1.54) is 25.7 Å². The lowest BCUT2D eigenvalue weighted by Crippen LogP contribution is -2.08. The molecule has 0 aliphatic carbocycles. The van der Waals surface area contributed by atoms with Crippen molar-refractivity contribution in [2.75, 3.05) is 6.61 Å². The van der Waals surface area contributed by atoms with E-state index in [0.29, 0.717) is 16.9 Å². The van der Waals surface area contributed by atoms with Crippen LogP contribution in [-0.2, 0) is 0 Å². The summed E-state index contributed by atoms with van der Waals surface area (Å²) in [5.74, 6) is 0.841. The Labute approximate surface area is 183 Å². The zero-order chi connectivity index (χ0) is 21.9. The van der Waals surface area contributed by atoms with Crippen molar-refractivity contribution >= 4 is 12.3 Å². The highest BCUT2D eigenvalue weighted by atomic mass is 16.5. The van der Waals surface area contributed by atoms with Crippen molar-refractivity contribution in [2.45, 2.75) is 39.0 Å². The van der Waals surface area contributed by atoms with Crippen LogP contribution in [0.5, 0.6) is 11.5 Å². The molecule has 0 aliphatic rings. The second-order valence-corrected chi connectivity index (χ2v) is 7.44. The molecule has 4 nitrogen and oxygen atoms in total. The Hall–Kier alpha value is -3.40. The maximum Gasteiger partial charge on any atom is 0.343 e. The molecule has 0 fully saturated rings. The quantitative estimate of drug-likeness (QED) is 0.150. The first-order valence-electron chi connectivity index (χ1n) is 10.8. The fourth-order valence-electron chi connectivity index (χ4n) is 3.22. The molecule has 3 aromatic rings. The lowest BCUT2D eigenvalue weighted by Gasteiger charge is -2.08. The molecule has 0 N–H and O–H groups in total. The number of benzene rings is 3. The Kier molecular flexibility index (Phi) is 8.41. The standard InChI is InChI=1S/C27H28O4/c1-2-3-4-5-6-19-30-25-17-13-23(14-18-25)22-9-11-24(12-10-22)27(29)31-26-15-7-21(20-28)8-16-26/h7-18,20H,2-6,19H2,1H3. The van der Waals surface area contributed by atoms with Crippen LogP contribution >= 0.6 is 0 Å². The van der Waals surface area contributed by atoms with Gasteiger partial charge in [-0.05, 0) is 66.1 Å². The summed E-state index contributed by atoms with van der Waals surface area (Å²) >= 11 is 0. The lowest BCUT2D eigenvalue weighted by molar-refractivity contribution is 0.0734. The maximum atomic E-state index is 12.3. The maximum absolute atomic E-state index is 12.3. The zero-order valence-electron chi connectivity index (χ0n) is 17.9. The van der Waals surface area contributed by atoms with Gasteiger partial charge in [-0.15, -0.1) is 0 Å². The van der Waals surface area contributed by atoms with Crippen LogP contribution in [0.2, 0.25) is 0 Å². The average molecular weight is 417 g/mol. The van der Waals surface area contributed by atoms with Gasteiger partial charge in [0.25, 0.3) is 0 Å². The number of hydrogen-bond donors (Lipinski definition) is 0. The van der Waals surface area contributed by atoms with E-state index in [9.17, 15) is 9.59 Å². The van der Waals surface area contributed by atoms with E-state index in [2.05, 4.69) is 6.92 Å². The van der Waals surface area contributed by atoms with Crippen molar-refractivity contribution in [3.63, 3.8) is 0 Å². The Morgan fingerprint density at radius 2 is 1.32 bits per heavy atom.